The summed E-state index contributed by atoms with van der Waals surface area (Å²) in [5.41, 5.74) is 4.03. The lowest BCUT2D eigenvalue weighted by Gasteiger charge is -2.31. The number of amides is 1. The number of hydrogen-bond donors (Lipinski definition) is 2. The van der Waals surface area contributed by atoms with Gasteiger partial charge in [0, 0.05) is 41.6 Å². The molecule has 0 aromatic heterocycles. The van der Waals surface area contributed by atoms with Gasteiger partial charge in [-0.1, -0.05) is 114 Å². The average Bonchev–Trinajstić information content (AvgIpc) is 3.49. The maximum atomic E-state index is 14.6. The summed E-state index contributed by atoms with van der Waals surface area (Å²) in [5.74, 6) is 0.741. The van der Waals surface area contributed by atoms with E-state index in [4.69, 9.17) is 42.8 Å². The highest BCUT2D eigenvalue weighted by Crippen LogP contribution is 2.43. The maximum absolute atomic E-state index is 14.6. The standard InChI is InChI=1S/C39H34Cl2N2O4/c40-33-19-16-32(35(41)24-33)26-42-38(45)39(25-27-8-3-1-4-9-27)36(30-14-12-29(13-15-30)28-10-5-2-6-11-28)47-37(43-39)31-17-20-34(21-18-31)46-23-7-22-44/h1-6,8-21,24,36,44H,7,22-23,25-26H2,(H,42,45)/t36-,39-/m1/s1. The van der Waals surface area contributed by atoms with Gasteiger partial charge in [0.15, 0.2) is 11.6 Å². The Hall–Kier alpha value is -4.62. The summed E-state index contributed by atoms with van der Waals surface area (Å²) >= 11 is 12.6. The molecule has 0 unspecified atom stereocenters. The summed E-state index contributed by atoms with van der Waals surface area (Å²) in [7, 11) is 0. The zero-order chi connectivity index (χ0) is 32.6. The molecule has 5 aromatic carbocycles. The minimum Gasteiger partial charge on any atom is -0.494 e. The molecule has 1 aliphatic rings. The van der Waals surface area contributed by atoms with Crippen molar-refractivity contribution >= 4 is 35.0 Å². The van der Waals surface area contributed by atoms with E-state index in [0.717, 1.165) is 27.8 Å². The molecule has 0 spiro atoms. The van der Waals surface area contributed by atoms with Crippen LogP contribution in [0.1, 0.15) is 34.8 Å². The minimum atomic E-state index is -1.35. The van der Waals surface area contributed by atoms with E-state index in [0.29, 0.717) is 46.7 Å². The van der Waals surface area contributed by atoms with Crippen molar-refractivity contribution in [2.75, 3.05) is 13.2 Å². The monoisotopic (exact) mass is 664 g/mol. The van der Waals surface area contributed by atoms with Gasteiger partial charge in [0.1, 0.15) is 5.75 Å². The van der Waals surface area contributed by atoms with Crippen LogP contribution < -0.4 is 10.1 Å². The number of aliphatic imine (C=N–C) groups is 1. The highest BCUT2D eigenvalue weighted by atomic mass is 35.5. The van der Waals surface area contributed by atoms with E-state index in [-0.39, 0.29) is 19.1 Å². The first-order chi connectivity index (χ1) is 22.9. The molecule has 6 rings (SSSR count). The molecule has 0 saturated heterocycles. The third-order valence-corrected chi connectivity index (χ3v) is 8.71. The largest absolute Gasteiger partial charge is 0.494 e. The van der Waals surface area contributed by atoms with Crippen LogP contribution in [0.25, 0.3) is 11.1 Å². The third kappa shape index (κ3) is 7.52. The van der Waals surface area contributed by atoms with Crippen molar-refractivity contribution in [3.05, 3.63) is 160 Å². The molecular formula is C39H34Cl2N2O4. The topological polar surface area (TPSA) is 80.2 Å². The molecule has 5 aromatic rings. The number of hydrogen-bond acceptors (Lipinski definition) is 5. The maximum Gasteiger partial charge on any atom is 0.252 e. The van der Waals surface area contributed by atoms with E-state index in [1.165, 1.54) is 0 Å². The Kier molecular flexibility index (Phi) is 10.2. The van der Waals surface area contributed by atoms with Crippen molar-refractivity contribution in [2.24, 2.45) is 4.99 Å². The molecule has 2 N–H and O–H groups in total. The second-order valence-electron chi connectivity index (χ2n) is 11.4. The van der Waals surface area contributed by atoms with Crippen LogP contribution in [-0.4, -0.2) is 35.7 Å². The molecule has 1 heterocycles. The summed E-state index contributed by atoms with van der Waals surface area (Å²) in [6.45, 7) is 0.661. The van der Waals surface area contributed by atoms with Crippen molar-refractivity contribution in [3.8, 4) is 16.9 Å². The SMILES string of the molecule is O=C(NCc1ccc(Cl)cc1Cl)[C@]1(Cc2ccccc2)N=C(c2ccc(OCCCO)cc2)O[C@@H]1c1ccc(-c2ccccc2)cc1. The number of aliphatic hydroxyl groups excluding tert-OH is 1. The molecule has 1 aliphatic heterocycles. The van der Waals surface area contributed by atoms with Gasteiger partial charge in [-0.25, -0.2) is 4.99 Å². The zero-order valence-electron chi connectivity index (χ0n) is 25.6. The molecular weight excluding hydrogens is 631 g/mol. The lowest BCUT2D eigenvalue weighted by molar-refractivity contribution is -0.129. The predicted molar refractivity (Wildman–Crippen MR) is 187 cm³/mol. The van der Waals surface area contributed by atoms with Gasteiger partial charge >= 0.3 is 0 Å². The number of aliphatic hydroxyl groups is 1. The number of benzene rings is 5. The zero-order valence-corrected chi connectivity index (χ0v) is 27.1. The lowest BCUT2D eigenvalue weighted by Crippen LogP contribution is -2.49. The summed E-state index contributed by atoms with van der Waals surface area (Å²) in [4.78, 5) is 19.7. The Balaban J connectivity index is 1.40. The van der Waals surface area contributed by atoms with Gasteiger partial charge in [-0.2, -0.15) is 0 Å². The van der Waals surface area contributed by atoms with Crippen LogP contribution >= 0.6 is 23.2 Å². The fourth-order valence-corrected chi connectivity index (χ4v) is 6.14. The number of ether oxygens (including phenoxy) is 2. The number of nitrogens with zero attached hydrogens (tertiary/aromatic N) is 1. The fourth-order valence-electron chi connectivity index (χ4n) is 5.66. The van der Waals surface area contributed by atoms with Crippen LogP contribution in [-0.2, 0) is 22.5 Å². The molecule has 2 atom stereocenters. The summed E-state index contributed by atoms with van der Waals surface area (Å²) in [6.07, 6.45) is 0.106. The van der Waals surface area contributed by atoms with Gasteiger partial charge in [0.25, 0.3) is 5.91 Å². The molecule has 8 heteroatoms. The van der Waals surface area contributed by atoms with Gasteiger partial charge < -0.3 is 19.9 Å². The Morgan fingerprint density at radius 1 is 0.830 bits per heavy atom. The lowest BCUT2D eigenvalue weighted by atomic mass is 9.81. The highest BCUT2D eigenvalue weighted by Gasteiger charge is 2.53. The quantitative estimate of drug-likeness (QED) is 0.132. The Bertz CT molecular complexity index is 1830. The molecule has 0 fully saturated rings. The van der Waals surface area contributed by atoms with Crippen LogP contribution in [0.5, 0.6) is 5.75 Å². The molecule has 6 nitrogen and oxygen atoms in total. The van der Waals surface area contributed by atoms with Crippen molar-refractivity contribution in [1.82, 2.24) is 5.32 Å². The first-order valence-electron chi connectivity index (χ1n) is 15.5. The van der Waals surface area contributed by atoms with E-state index < -0.39 is 11.6 Å². The molecule has 1 amide bonds. The van der Waals surface area contributed by atoms with Gasteiger partial charge in [0.05, 0.1) is 6.61 Å². The van der Waals surface area contributed by atoms with Crippen molar-refractivity contribution in [2.45, 2.75) is 31.0 Å². The van der Waals surface area contributed by atoms with E-state index in [9.17, 15) is 4.79 Å². The smallest absolute Gasteiger partial charge is 0.252 e. The number of rotatable bonds is 12. The predicted octanol–water partition coefficient (Wildman–Crippen LogP) is 8.24. The minimum absolute atomic E-state index is 0.0617. The van der Waals surface area contributed by atoms with Crippen LogP contribution in [0.4, 0.5) is 0 Å². The second kappa shape index (κ2) is 14.9. The van der Waals surface area contributed by atoms with Crippen molar-refractivity contribution in [3.63, 3.8) is 0 Å². The highest BCUT2D eigenvalue weighted by molar-refractivity contribution is 6.35. The molecule has 0 saturated carbocycles. The molecule has 0 radical (unpaired) electrons. The van der Waals surface area contributed by atoms with E-state index in [1.807, 2.05) is 97.1 Å². The third-order valence-electron chi connectivity index (χ3n) is 8.12. The Morgan fingerprint density at radius 3 is 2.17 bits per heavy atom. The summed E-state index contributed by atoms with van der Waals surface area (Å²) in [6, 6.07) is 40.7. The number of halogens is 2. The average molecular weight is 666 g/mol. The summed E-state index contributed by atoms with van der Waals surface area (Å²) in [5, 5.41) is 13.2. The molecule has 0 aliphatic carbocycles. The first kappa shape index (κ1) is 32.3. The normalized spacial score (nSPS) is 17.1. The van der Waals surface area contributed by atoms with E-state index in [2.05, 4.69) is 17.4 Å². The van der Waals surface area contributed by atoms with Gasteiger partial charge in [-0.3, -0.25) is 4.79 Å². The van der Waals surface area contributed by atoms with Gasteiger partial charge in [0.2, 0.25) is 5.90 Å². The van der Waals surface area contributed by atoms with Crippen LogP contribution in [0.2, 0.25) is 10.0 Å². The van der Waals surface area contributed by atoms with Crippen molar-refractivity contribution < 1.29 is 19.4 Å². The number of nitrogens with one attached hydrogen (secondary N) is 1. The first-order valence-corrected chi connectivity index (χ1v) is 16.2. The number of carbonyl (C=O) groups excluding carboxylic acids is 1. The van der Waals surface area contributed by atoms with E-state index >= 15 is 0 Å². The Labute approximate surface area is 284 Å². The number of carbonyl (C=O) groups is 1. The Morgan fingerprint density at radius 2 is 1.49 bits per heavy atom. The van der Waals surface area contributed by atoms with Crippen molar-refractivity contribution in [1.29, 1.82) is 0 Å². The van der Waals surface area contributed by atoms with Gasteiger partial charge in [-0.15, -0.1) is 0 Å². The van der Waals surface area contributed by atoms with E-state index in [1.54, 1.807) is 18.2 Å². The van der Waals surface area contributed by atoms with Crippen LogP contribution in [0, 0.1) is 0 Å². The summed E-state index contributed by atoms with van der Waals surface area (Å²) < 4.78 is 12.4. The van der Waals surface area contributed by atoms with Crippen LogP contribution in [0.3, 0.4) is 0 Å². The molecule has 238 valence electrons. The molecule has 0 bridgehead atoms. The molecule has 47 heavy (non-hydrogen) atoms. The fraction of sp³-hybridized carbons (Fsp3) is 0.179. The van der Waals surface area contributed by atoms with Gasteiger partial charge in [-0.05, 0) is 64.2 Å². The van der Waals surface area contributed by atoms with Crippen LogP contribution in [0.15, 0.2) is 132 Å². The second-order valence-corrected chi connectivity index (χ2v) is 12.2.